The van der Waals surface area contributed by atoms with Crippen molar-refractivity contribution in [2.45, 2.75) is 53.4 Å². The lowest BCUT2D eigenvalue weighted by Gasteiger charge is -2.25. The Morgan fingerprint density at radius 2 is 1.46 bits per heavy atom. The van der Waals surface area contributed by atoms with Gasteiger partial charge in [0.2, 0.25) is 0 Å². The average molecular weight is 464 g/mol. The lowest BCUT2D eigenvalue weighted by molar-refractivity contribution is 0.415. The quantitative estimate of drug-likeness (QED) is 0.291. The zero-order valence-corrected chi connectivity index (χ0v) is 21.7. The van der Waals surface area contributed by atoms with Crippen LogP contribution in [0.2, 0.25) is 0 Å². The molecule has 0 bridgehead atoms. The number of nitriles is 1. The molecule has 4 aromatic rings. The van der Waals surface area contributed by atoms with Crippen molar-refractivity contribution in [1.29, 1.82) is 5.26 Å². The highest BCUT2D eigenvalue weighted by molar-refractivity contribution is 5.73. The summed E-state index contributed by atoms with van der Waals surface area (Å²) in [7, 11) is 1.70. The monoisotopic (exact) mass is 463 g/mol. The Hall–Kier alpha value is -3.84. The Morgan fingerprint density at radius 1 is 0.829 bits per heavy atom. The lowest BCUT2D eigenvalue weighted by Crippen LogP contribution is -2.10. The average Bonchev–Trinajstić information content (AvgIpc) is 3.16. The smallest absolute Gasteiger partial charge is 0.145 e. The van der Waals surface area contributed by atoms with Gasteiger partial charge in [-0.2, -0.15) is 5.26 Å². The Morgan fingerprint density at radius 3 is 2.00 bits per heavy atom. The van der Waals surface area contributed by atoms with Gasteiger partial charge in [-0.25, -0.2) is 4.98 Å². The second kappa shape index (κ2) is 9.80. The zero-order valence-electron chi connectivity index (χ0n) is 21.7. The number of rotatable bonds is 6. The Labute approximate surface area is 208 Å². The number of imidazole rings is 1. The molecule has 0 atom stereocenters. The number of aryl methyl sites for hydroxylation is 1. The van der Waals surface area contributed by atoms with Crippen LogP contribution in [0.5, 0.6) is 5.75 Å². The molecule has 0 spiro atoms. The summed E-state index contributed by atoms with van der Waals surface area (Å²) in [5.41, 5.74) is 9.89. The van der Waals surface area contributed by atoms with E-state index in [0.717, 1.165) is 34.1 Å². The summed E-state index contributed by atoms with van der Waals surface area (Å²) in [5, 5.41) is 9.25. The predicted molar refractivity (Wildman–Crippen MR) is 143 cm³/mol. The Balaban J connectivity index is 2.02. The molecule has 4 heteroatoms. The summed E-state index contributed by atoms with van der Waals surface area (Å²) >= 11 is 0. The molecular formula is C31H33N3O. The molecule has 0 radical (unpaired) electrons. The van der Waals surface area contributed by atoms with Crippen molar-refractivity contribution in [2.75, 3.05) is 7.11 Å². The molecule has 0 saturated carbocycles. The summed E-state index contributed by atoms with van der Waals surface area (Å²) in [5.74, 6) is 2.38. The Kier molecular flexibility index (Phi) is 6.80. The van der Waals surface area contributed by atoms with Crippen molar-refractivity contribution in [1.82, 2.24) is 9.55 Å². The van der Waals surface area contributed by atoms with Gasteiger partial charge < -0.3 is 4.74 Å². The highest BCUT2D eigenvalue weighted by atomic mass is 16.5. The van der Waals surface area contributed by atoms with Gasteiger partial charge in [0.15, 0.2) is 0 Å². The van der Waals surface area contributed by atoms with Gasteiger partial charge in [0.25, 0.3) is 0 Å². The van der Waals surface area contributed by atoms with Gasteiger partial charge in [-0.1, -0.05) is 39.8 Å². The Bertz CT molecular complexity index is 1370. The molecule has 178 valence electrons. The first-order valence-corrected chi connectivity index (χ1v) is 12.1. The van der Waals surface area contributed by atoms with E-state index in [9.17, 15) is 5.26 Å². The fourth-order valence-corrected chi connectivity index (χ4v) is 4.56. The van der Waals surface area contributed by atoms with Crippen molar-refractivity contribution in [2.24, 2.45) is 0 Å². The van der Waals surface area contributed by atoms with Gasteiger partial charge in [-0.05, 0) is 96.5 Å². The van der Waals surface area contributed by atoms with E-state index in [-0.39, 0.29) is 0 Å². The van der Waals surface area contributed by atoms with Crippen molar-refractivity contribution in [3.05, 3.63) is 88.7 Å². The fraction of sp³-hybridized carbons (Fsp3) is 0.290. The van der Waals surface area contributed by atoms with Gasteiger partial charge in [0.1, 0.15) is 11.6 Å². The number of benzene rings is 3. The van der Waals surface area contributed by atoms with E-state index >= 15 is 0 Å². The molecule has 0 N–H and O–H groups in total. The zero-order chi connectivity index (χ0) is 25.3. The summed E-state index contributed by atoms with van der Waals surface area (Å²) in [6, 6.07) is 22.8. The van der Waals surface area contributed by atoms with Crippen LogP contribution in [0, 0.1) is 25.2 Å². The molecule has 3 aromatic carbocycles. The molecule has 4 rings (SSSR count). The second-order valence-corrected chi connectivity index (χ2v) is 9.68. The van der Waals surface area contributed by atoms with Crippen molar-refractivity contribution in [3.8, 4) is 40.0 Å². The highest BCUT2D eigenvalue weighted by Gasteiger charge is 2.23. The van der Waals surface area contributed by atoms with Crippen LogP contribution in [0.25, 0.3) is 28.2 Å². The first kappa shape index (κ1) is 24.3. The summed E-state index contributed by atoms with van der Waals surface area (Å²) in [6.07, 6.45) is 0. The molecule has 0 aliphatic heterocycles. The molecule has 0 saturated heterocycles. The topological polar surface area (TPSA) is 50.8 Å². The minimum atomic E-state index is 0.309. The van der Waals surface area contributed by atoms with E-state index in [1.807, 2.05) is 36.4 Å². The third kappa shape index (κ3) is 4.59. The van der Waals surface area contributed by atoms with Crippen LogP contribution in [0.15, 0.2) is 60.7 Å². The normalized spacial score (nSPS) is 11.2. The number of ether oxygens (including phenoxy) is 1. The maximum Gasteiger partial charge on any atom is 0.145 e. The van der Waals surface area contributed by atoms with Crippen LogP contribution in [0.4, 0.5) is 0 Å². The van der Waals surface area contributed by atoms with Crippen LogP contribution in [0.3, 0.4) is 0 Å². The number of nitrogens with zero attached hydrogens (tertiary/aromatic N) is 3. The third-order valence-electron chi connectivity index (χ3n) is 6.66. The standard InChI is InChI=1S/C31H33N3O/c1-19(2)28-16-26(25-9-8-10-27(15-25)35-7)17-29(20(3)4)30(28)34-22(6)21(5)33-31(34)24-13-11-23(18-32)12-14-24/h8-17,19-20H,1-7H3. The minimum Gasteiger partial charge on any atom is -0.497 e. The maximum absolute atomic E-state index is 9.25. The van der Waals surface area contributed by atoms with Gasteiger partial charge >= 0.3 is 0 Å². The maximum atomic E-state index is 9.25. The molecular weight excluding hydrogens is 430 g/mol. The first-order chi connectivity index (χ1) is 16.7. The van der Waals surface area contributed by atoms with E-state index < -0.39 is 0 Å². The van der Waals surface area contributed by atoms with Crippen molar-refractivity contribution < 1.29 is 4.74 Å². The van der Waals surface area contributed by atoms with Crippen LogP contribution in [0.1, 0.15) is 67.6 Å². The van der Waals surface area contributed by atoms with Crippen LogP contribution in [-0.4, -0.2) is 16.7 Å². The molecule has 35 heavy (non-hydrogen) atoms. The molecule has 1 aromatic heterocycles. The van der Waals surface area contributed by atoms with Gasteiger partial charge in [0, 0.05) is 11.3 Å². The molecule has 0 fully saturated rings. The van der Waals surface area contributed by atoms with Crippen LogP contribution in [-0.2, 0) is 0 Å². The number of hydrogen-bond donors (Lipinski definition) is 0. The third-order valence-corrected chi connectivity index (χ3v) is 6.66. The van der Waals surface area contributed by atoms with E-state index in [0.29, 0.717) is 17.4 Å². The van der Waals surface area contributed by atoms with E-state index in [2.05, 4.69) is 76.4 Å². The molecule has 4 nitrogen and oxygen atoms in total. The van der Waals surface area contributed by atoms with Gasteiger partial charge in [-0.3, -0.25) is 4.57 Å². The molecule has 0 unspecified atom stereocenters. The van der Waals surface area contributed by atoms with Crippen molar-refractivity contribution >= 4 is 0 Å². The number of aromatic nitrogens is 2. The minimum absolute atomic E-state index is 0.309. The summed E-state index contributed by atoms with van der Waals surface area (Å²) in [4.78, 5) is 4.98. The molecule has 0 aliphatic carbocycles. The van der Waals surface area contributed by atoms with Gasteiger partial charge in [-0.15, -0.1) is 0 Å². The van der Waals surface area contributed by atoms with E-state index in [4.69, 9.17) is 9.72 Å². The lowest BCUT2D eigenvalue weighted by atomic mass is 9.88. The van der Waals surface area contributed by atoms with E-state index in [1.54, 1.807) is 7.11 Å². The second-order valence-electron chi connectivity index (χ2n) is 9.68. The predicted octanol–water partition coefficient (Wildman–Crippen LogP) is 7.95. The number of methoxy groups -OCH3 is 1. The largest absolute Gasteiger partial charge is 0.497 e. The van der Waals surface area contributed by atoms with Crippen molar-refractivity contribution in [3.63, 3.8) is 0 Å². The summed E-state index contributed by atoms with van der Waals surface area (Å²) in [6.45, 7) is 13.2. The highest BCUT2D eigenvalue weighted by Crippen LogP contribution is 2.39. The van der Waals surface area contributed by atoms with Crippen LogP contribution < -0.4 is 4.74 Å². The summed E-state index contributed by atoms with van der Waals surface area (Å²) < 4.78 is 7.81. The SMILES string of the molecule is COc1cccc(-c2cc(C(C)C)c(-n3c(-c4ccc(C#N)cc4)nc(C)c3C)c(C(C)C)c2)c1. The molecule has 0 aliphatic rings. The van der Waals surface area contributed by atoms with E-state index in [1.165, 1.54) is 22.4 Å². The number of hydrogen-bond acceptors (Lipinski definition) is 3. The van der Waals surface area contributed by atoms with Crippen LogP contribution >= 0.6 is 0 Å². The molecule has 0 amide bonds. The fourth-order valence-electron chi connectivity index (χ4n) is 4.56. The van der Waals surface area contributed by atoms with Gasteiger partial charge in [0.05, 0.1) is 30.1 Å². The first-order valence-electron chi connectivity index (χ1n) is 12.1. The molecule has 1 heterocycles.